The first kappa shape index (κ1) is 12.9. The highest BCUT2D eigenvalue weighted by Gasteiger charge is 2.10. The first-order valence-electron chi connectivity index (χ1n) is 5.62. The SMILES string of the molecule is Cc1ccc(OP(O)Oc2ccc(C)cc2)cc1. The summed E-state index contributed by atoms with van der Waals surface area (Å²) in [5.74, 6) is 1.20. The summed E-state index contributed by atoms with van der Waals surface area (Å²) >= 11 is 0. The van der Waals surface area contributed by atoms with Crippen LogP contribution in [0.5, 0.6) is 11.5 Å². The fourth-order valence-electron chi connectivity index (χ4n) is 1.40. The van der Waals surface area contributed by atoms with E-state index in [1.807, 2.05) is 38.1 Å². The van der Waals surface area contributed by atoms with Gasteiger partial charge < -0.3 is 13.9 Å². The zero-order valence-electron chi connectivity index (χ0n) is 10.3. The Labute approximate surface area is 108 Å². The molecule has 2 aromatic carbocycles. The van der Waals surface area contributed by atoms with E-state index in [2.05, 4.69) is 0 Å². The lowest BCUT2D eigenvalue weighted by atomic mass is 10.2. The molecule has 0 heterocycles. The average Bonchev–Trinajstić information content (AvgIpc) is 2.35. The third-order valence-corrected chi connectivity index (χ3v) is 3.14. The molecule has 0 aliphatic heterocycles. The summed E-state index contributed by atoms with van der Waals surface area (Å²) in [6.45, 7) is 3.99. The highest BCUT2D eigenvalue weighted by atomic mass is 31.2. The summed E-state index contributed by atoms with van der Waals surface area (Å²) < 4.78 is 10.6. The van der Waals surface area contributed by atoms with Gasteiger partial charge in [0.25, 0.3) is 0 Å². The van der Waals surface area contributed by atoms with Crippen LogP contribution in [0.25, 0.3) is 0 Å². The molecule has 0 fully saturated rings. The first-order chi connectivity index (χ1) is 8.63. The second-order valence-electron chi connectivity index (χ2n) is 4.05. The summed E-state index contributed by atoms with van der Waals surface area (Å²) in [6, 6.07) is 14.9. The van der Waals surface area contributed by atoms with Crippen LogP contribution in [0.4, 0.5) is 0 Å². The van der Waals surface area contributed by atoms with Gasteiger partial charge in [-0.25, -0.2) is 0 Å². The summed E-state index contributed by atoms with van der Waals surface area (Å²) in [6.07, 6.45) is 0. The van der Waals surface area contributed by atoms with E-state index >= 15 is 0 Å². The van der Waals surface area contributed by atoms with Crippen molar-refractivity contribution in [2.45, 2.75) is 13.8 Å². The van der Waals surface area contributed by atoms with Crippen LogP contribution in [-0.4, -0.2) is 4.89 Å². The molecule has 0 radical (unpaired) electrons. The van der Waals surface area contributed by atoms with Crippen molar-refractivity contribution >= 4 is 8.60 Å². The van der Waals surface area contributed by atoms with Crippen molar-refractivity contribution < 1.29 is 13.9 Å². The molecule has 1 N–H and O–H groups in total. The van der Waals surface area contributed by atoms with Crippen molar-refractivity contribution in [3.8, 4) is 11.5 Å². The lowest BCUT2D eigenvalue weighted by Crippen LogP contribution is -1.94. The fraction of sp³-hybridized carbons (Fsp3) is 0.143. The van der Waals surface area contributed by atoms with Crippen LogP contribution >= 0.6 is 8.60 Å². The molecule has 0 aromatic heterocycles. The highest BCUT2D eigenvalue weighted by Crippen LogP contribution is 2.36. The maximum atomic E-state index is 9.72. The minimum Gasteiger partial charge on any atom is -0.418 e. The Morgan fingerprint density at radius 1 is 0.722 bits per heavy atom. The maximum Gasteiger partial charge on any atom is 0.460 e. The maximum absolute atomic E-state index is 9.72. The highest BCUT2D eigenvalue weighted by molar-refractivity contribution is 7.41. The van der Waals surface area contributed by atoms with E-state index in [0.29, 0.717) is 11.5 Å². The van der Waals surface area contributed by atoms with Crippen LogP contribution < -0.4 is 9.05 Å². The van der Waals surface area contributed by atoms with Gasteiger partial charge >= 0.3 is 8.60 Å². The Morgan fingerprint density at radius 2 is 1.06 bits per heavy atom. The van der Waals surface area contributed by atoms with Crippen LogP contribution in [0, 0.1) is 13.8 Å². The number of hydrogen-bond acceptors (Lipinski definition) is 3. The van der Waals surface area contributed by atoms with Crippen molar-refractivity contribution in [2.24, 2.45) is 0 Å². The lowest BCUT2D eigenvalue weighted by Gasteiger charge is -2.12. The standard InChI is InChI=1S/C14H15O3P/c1-11-3-7-13(8-4-11)16-18(15)17-14-9-5-12(2)6-10-14/h3-10,15H,1-2H3. The molecule has 94 valence electrons. The molecule has 0 unspecified atom stereocenters. The lowest BCUT2D eigenvalue weighted by molar-refractivity contribution is 0.381. The molecule has 0 atom stereocenters. The number of rotatable bonds is 4. The average molecular weight is 262 g/mol. The van der Waals surface area contributed by atoms with Gasteiger partial charge in [-0.05, 0) is 38.1 Å². The number of benzene rings is 2. The summed E-state index contributed by atoms with van der Waals surface area (Å²) in [4.78, 5) is 9.72. The monoisotopic (exact) mass is 262 g/mol. The zero-order valence-corrected chi connectivity index (χ0v) is 11.2. The Bertz CT molecular complexity index is 446. The molecular weight excluding hydrogens is 247 g/mol. The fourth-order valence-corrected chi connectivity index (χ4v) is 2.04. The van der Waals surface area contributed by atoms with E-state index in [-0.39, 0.29) is 0 Å². The molecule has 0 bridgehead atoms. The van der Waals surface area contributed by atoms with E-state index in [4.69, 9.17) is 9.05 Å². The van der Waals surface area contributed by atoms with Crippen LogP contribution in [0.3, 0.4) is 0 Å². The molecule has 3 nitrogen and oxygen atoms in total. The Morgan fingerprint density at radius 3 is 1.39 bits per heavy atom. The number of hydrogen-bond donors (Lipinski definition) is 1. The topological polar surface area (TPSA) is 38.7 Å². The molecule has 0 amide bonds. The normalized spacial score (nSPS) is 10.4. The van der Waals surface area contributed by atoms with Crippen molar-refractivity contribution in [3.63, 3.8) is 0 Å². The molecule has 0 saturated carbocycles. The molecule has 2 aromatic rings. The molecule has 2 rings (SSSR count). The zero-order chi connectivity index (χ0) is 13.0. The molecule has 18 heavy (non-hydrogen) atoms. The third kappa shape index (κ3) is 3.73. The smallest absolute Gasteiger partial charge is 0.418 e. The predicted octanol–water partition coefficient (Wildman–Crippen LogP) is 3.98. The number of aryl methyl sites for hydroxylation is 2. The minimum absolute atomic E-state index is 0.598. The first-order valence-corrected chi connectivity index (χ1v) is 6.75. The van der Waals surface area contributed by atoms with Gasteiger partial charge in [0.2, 0.25) is 0 Å². The third-order valence-electron chi connectivity index (χ3n) is 2.41. The quantitative estimate of drug-likeness (QED) is 0.847. The van der Waals surface area contributed by atoms with E-state index in [1.54, 1.807) is 24.3 Å². The molecule has 0 aliphatic rings. The van der Waals surface area contributed by atoms with Crippen molar-refractivity contribution in [3.05, 3.63) is 59.7 Å². The van der Waals surface area contributed by atoms with E-state index in [9.17, 15) is 4.89 Å². The second-order valence-corrected chi connectivity index (χ2v) is 4.89. The van der Waals surface area contributed by atoms with Crippen LogP contribution in [0.2, 0.25) is 0 Å². The van der Waals surface area contributed by atoms with Crippen molar-refractivity contribution in [1.82, 2.24) is 0 Å². The summed E-state index contributed by atoms with van der Waals surface area (Å²) in [5, 5.41) is 0. The van der Waals surface area contributed by atoms with Gasteiger partial charge in [-0.3, -0.25) is 0 Å². The Balaban J connectivity index is 1.94. The van der Waals surface area contributed by atoms with Gasteiger partial charge in [0.15, 0.2) is 0 Å². The van der Waals surface area contributed by atoms with Crippen LogP contribution in [0.15, 0.2) is 48.5 Å². The second kappa shape index (κ2) is 5.85. The van der Waals surface area contributed by atoms with Crippen molar-refractivity contribution in [1.29, 1.82) is 0 Å². The Hall–Kier alpha value is -1.57. The predicted molar refractivity (Wildman–Crippen MR) is 72.8 cm³/mol. The van der Waals surface area contributed by atoms with Gasteiger partial charge in [0.05, 0.1) is 0 Å². The minimum atomic E-state index is -1.95. The van der Waals surface area contributed by atoms with E-state index in [0.717, 1.165) is 11.1 Å². The molecule has 4 heteroatoms. The molecule has 0 spiro atoms. The molecule has 0 saturated heterocycles. The summed E-state index contributed by atoms with van der Waals surface area (Å²) in [7, 11) is -1.95. The van der Waals surface area contributed by atoms with Crippen LogP contribution in [0.1, 0.15) is 11.1 Å². The van der Waals surface area contributed by atoms with Gasteiger partial charge in [-0.1, -0.05) is 35.4 Å². The van der Waals surface area contributed by atoms with Gasteiger partial charge in [0.1, 0.15) is 11.5 Å². The van der Waals surface area contributed by atoms with Crippen LogP contribution in [-0.2, 0) is 0 Å². The van der Waals surface area contributed by atoms with E-state index in [1.165, 1.54) is 0 Å². The largest absolute Gasteiger partial charge is 0.460 e. The van der Waals surface area contributed by atoms with Gasteiger partial charge in [0, 0.05) is 0 Å². The van der Waals surface area contributed by atoms with Crippen molar-refractivity contribution in [2.75, 3.05) is 0 Å². The molecule has 0 aliphatic carbocycles. The van der Waals surface area contributed by atoms with E-state index < -0.39 is 8.60 Å². The van der Waals surface area contributed by atoms with Gasteiger partial charge in [-0.2, -0.15) is 0 Å². The summed E-state index contributed by atoms with van der Waals surface area (Å²) in [5.41, 5.74) is 2.29. The molecular formula is C14H15O3P. The Kier molecular flexibility index (Phi) is 4.19. The van der Waals surface area contributed by atoms with Gasteiger partial charge in [-0.15, -0.1) is 0 Å².